The lowest BCUT2D eigenvalue weighted by molar-refractivity contribution is -0.895. The number of hydrogen-bond donors (Lipinski definition) is 3. The van der Waals surface area contributed by atoms with Crippen LogP contribution in [0.3, 0.4) is 0 Å². The Morgan fingerprint density at radius 2 is 1.94 bits per heavy atom. The minimum Gasteiger partial charge on any atom is -0.346 e. The van der Waals surface area contributed by atoms with Crippen LogP contribution in [0.2, 0.25) is 5.02 Å². The zero-order valence-corrected chi connectivity index (χ0v) is 20.8. The summed E-state index contributed by atoms with van der Waals surface area (Å²) in [7, 11) is 0. The molecule has 8 nitrogen and oxygen atoms in total. The highest BCUT2D eigenvalue weighted by Crippen LogP contribution is 2.26. The quantitative estimate of drug-likeness (QED) is 0.427. The second-order valence-corrected chi connectivity index (χ2v) is 9.30. The number of rotatable bonds is 9. The van der Waals surface area contributed by atoms with Gasteiger partial charge in [0.1, 0.15) is 11.4 Å². The van der Waals surface area contributed by atoms with Gasteiger partial charge >= 0.3 is 0 Å². The van der Waals surface area contributed by atoms with E-state index in [4.69, 9.17) is 11.6 Å². The van der Waals surface area contributed by atoms with Gasteiger partial charge in [0.25, 0.3) is 11.5 Å². The summed E-state index contributed by atoms with van der Waals surface area (Å²) in [5.41, 5.74) is 1.69. The summed E-state index contributed by atoms with van der Waals surface area (Å²) >= 11 is 7.30. The monoisotopic (exact) mass is 490 g/mol. The van der Waals surface area contributed by atoms with Crippen molar-refractivity contribution >= 4 is 50.7 Å². The first-order chi connectivity index (χ1) is 15.7. The number of amides is 2. The average molecular weight is 491 g/mol. The summed E-state index contributed by atoms with van der Waals surface area (Å²) in [4.78, 5) is 44.9. The number of hydrogen-bond acceptors (Lipinski definition) is 5. The molecule has 0 fully saturated rings. The number of quaternary nitrogens is 1. The second-order valence-electron chi connectivity index (χ2n) is 7.89. The lowest BCUT2D eigenvalue weighted by Crippen LogP contribution is -3.12. The van der Waals surface area contributed by atoms with Crippen LogP contribution >= 0.6 is 22.9 Å². The Kier molecular flexibility index (Phi) is 8.23. The minimum absolute atomic E-state index is 0.198. The molecule has 2 heterocycles. The van der Waals surface area contributed by atoms with Gasteiger partial charge in [-0.15, -0.1) is 11.3 Å². The summed E-state index contributed by atoms with van der Waals surface area (Å²) in [5.74, 6) is -0.579. The van der Waals surface area contributed by atoms with Gasteiger partial charge in [0.05, 0.1) is 42.8 Å². The van der Waals surface area contributed by atoms with E-state index in [0.29, 0.717) is 37.9 Å². The molecule has 176 valence electrons. The number of aryl methyl sites for hydroxylation is 2. The van der Waals surface area contributed by atoms with Gasteiger partial charge in [-0.2, -0.15) is 0 Å². The summed E-state index contributed by atoms with van der Waals surface area (Å²) in [5, 5.41) is 6.60. The van der Waals surface area contributed by atoms with E-state index in [1.807, 2.05) is 13.0 Å². The molecule has 33 heavy (non-hydrogen) atoms. The molecule has 0 atom stereocenters. The zero-order chi connectivity index (χ0) is 24.1. The molecule has 0 aliphatic heterocycles. The van der Waals surface area contributed by atoms with E-state index >= 15 is 0 Å². The van der Waals surface area contributed by atoms with Crippen LogP contribution in [0.1, 0.15) is 34.6 Å². The van der Waals surface area contributed by atoms with E-state index in [-0.39, 0.29) is 23.9 Å². The molecular weight excluding hydrogens is 462 g/mol. The molecule has 0 unspecified atom stereocenters. The van der Waals surface area contributed by atoms with E-state index in [9.17, 15) is 14.4 Å². The Morgan fingerprint density at radius 1 is 1.21 bits per heavy atom. The Labute approximate surface area is 201 Å². The van der Waals surface area contributed by atoms with Crippen molar-refractivity contribution in [1.82, 2.24) is 14.9 Å². The molecule has 2 aromatic heterocycles. The van der Waals surface area contributed by atoms with Crippen molar-refractivity contribution in [2.75, 3.05) is 31.5 Å². The predicted octanol–water partition coefficient (Wildman–Crippen LogP) is 2.02. The molecule has 2 amide bonds. The third-order valence-electron chi connectivity index (χ3n) is 5.66. The first kappa shape index (κ1) is 24.9. The first-order valence-electron chi connectivity index (χ1n) is 10.9. The topological polar surface area (TPSA) is 97.5 Å². The Bertz CT molecular complexity index is 1230. The van der Waals surface area contributed by atoms with Crippen LogP contribution in [-0.4, -0.2) is 47.5 Å². The number of halogens is 1. The van der Waals surface area contributed by atoms with Crippen LogP contribution in [0, 0.1) is 13.8 Å². The van der Waals surface area contributed by atoms with Crippen molar-refractivity contribution in [2.24, 2.45) is 0 Å². The maximum atomic E-state index is 13.0. The minimum atomic E-state index is -0.372. The smallest absolute Gasteiger partial charge is 0.262 e. The van der Waals surface area contributed by atoms with E-state index in [1.165, 1.54) is 27.1 Å². The van der Waals surface area contributed by atoms with Crippen LogP contribution in [0.25, 0.3) is 10.2 Å². The molecular formula is C23H29ClN5O3S+. The third kappa shape index (κ3) is 5.79. The molecule has 10 heteroatoms. The third-order valence-corrected chi connectivity index (χ3v) is 7.26. The highest BCUT2D eigenvalue weighted by Gasteiger charge is 2.20. The molecule has 0 saturated heterocycles. The summed E-state index contributed by atoms with van der Waals surface area (Å²) < 4.78 is 1.25. The van der Waals surface area contributed by atoms with Crippen LogP contribution < -0.4 is 21.1 Å². The van der Waals surface area contributed by atoms with E-state index in [2.05, 4.69) is 29.5 Å². The molecule has 0 bridgehead atoms. The SMILES string of the molecule is CC[NH+](CC)CCNC(=O)c1sc2ncn(CC(=O)Nc3ccc(C)c(Cl)c3)c(=O)c2c1C. The fourth-order valence-electron chi connectivity index (χ4n) is 3.55. The highest BCUT2D eigenvalue weighted by atomic mass is 35.5. The van der Waals surface area contributed by atoms with Gasteiger partial charge in [-0.25, -0.2) is 4.98 Å². The number of benzene rings is 1. The number of carbonyl (C=O) groups excluding carboxylic acids is 2. The number of thiophene rings is 1. The van der Waals surface area contributed by atoms with Crippen molar-refractivity contribution in [3.63, 3.8) is 0 Å². The number of aromatic nitrogens is 2. The fraction of sp³-hybridized carbons (Fsp3) is 0.391. The van der Waals surface area contributed by atoms with Crippen LogP contribution in [0.15, 0.2) is 29.3 Å². The molecule has 0 aliphatic carbocycles. The lowest BCUT2D eigenvalue weighted by Gasteiger charge is -2.15. The largest absolute Gasteiger partial charge is 0.346 e. The van der Waals surface area contributed by atoms with Gasteiger partial charge in [-0.1, -0.05) is 17.7 Å². The van der Waals surface area contributed by atoms with Gasteiger partial charge in [0.15, 0.2) is 0 Å². The molecule has 0 radical (unpaired) electrons. The predicted molar refractivity (Wildman–Crippen MR) is 133 cm³/mol. The molecule has 0 spiro atoms. The first-order valence-corrected chi connectivity index (χ1v) is 12.1. The Balaban J connectivity index is 1.75. The Morgan fingerprint density at radius 3 is 2.61 bits per heavy atom. The maximum Gasteiger partial charge on any atom is 0.262 e. The van der Waals surface area contributed by atoms with Crippen molar-refractivity contribution in [3.8, 4) is 0 Å². The Hall–Kier alpha value is -2.75. The number of nitrogens with zero attached hydrogens (tertiary/aromatic N) is 2. The molecule has 3 aromatic rings. The molecule has 0 aliphatic rings. The lowest BCUT2D eigenvalue weighted by atomic mass is 10.2. The normalized spacial score (nSPS) is 11.2. The summed E-state index contributed by atoms with van der Waals surface area (Å²) in [6.45, 7) is 11.1. The summed E-state index contributed by atoms with van der Waals surface area (Å²) in [6.07, 6.45) is 1.34. The van der Waals surface area contributed by atoms with Crippen molar-refractivity contribution < 1.29 is 14.5 Å². The number of likely N-dealkylation sites (N-methyl/N-ethyl adjacent to an activating group) is 1. The molecule has 3 rings (SSSR count). The van der Waals surface area contributed by atoms with Crippen LogP contribution in [0.5, 0.6) is 0 Å². The fourth-order valence-corrected chi connectivity index (χ4v) is 4.79. The van der Waals surface area contributed by atoms with Gasteiger partial charge in [-0.3, -0.25) is 19.0 Å². The van der Waals surface area contributed by atoms with Crippen molar-refractivity contribution in [1.29, 1.82) is 0 Å². The van der Waals surface area contributed by atoms with Crippen molar-refractivity contribution in [3.05, 3.63) is 55.9 Å². The number of anilines is 1. The summed E-state index contributed by atoms with van der Waals surface area (Å²) in [6, 6.07) is 5.22. The van der Waals surface area contributed by atoms with Gasteiger partial charge in [0, 0.05) is 10.7 Å². The van der Waals surface area contributed by atoms with Crippen LogP contribution in [0.4, 0.5) is 5.69 Å². The van der Waals surface area contributed by atoms with Crippen LogP contribution in [-0.2, 0) is 11.3 Å². The average Bonchev–Trinajstić information content (AvgIpc) is 3.13. The van der Waals surface area contributed by atoms with Gasteiger partial charge in [0.2, 0.25) is 5.91 Å². The molecule has 0 saturated carbocycles. The highest BCUT2D eigenvalue weighted by molar-refractivity contribution is 7.20. The second kappa shape index (κ2) is 10.9. The number of fused-ring (bicyclic) bond motifs is 1. The van der Waals surface area contributed by atoms with E-state index < -0.39 is 0 Å². The van der Waals surface area contributed by atoms with E-state index in [1.54, 1.807) is 19.1 Å². The zero-order valence-electron chi connectivity index (χ0n) is 19.3. The number of carbonyl (C=O) groups is 2. The standard InChI is InChI=1S/C23H28ClN5O3S/c1-5-28(6-2)10-9-25-21(31)20-15(4)19-22(33-20)26-13-29(23(19)32)12-18(30)27-16-8-7-14(3)17(24)11-16/h7-8,11,13H,5-6,9-10,12H2,1-4H3,(H,25,31)(H,27,30)/p+1. The number of nitrogens with one attached hydrogen (secondary N) is 3. The van der Waals surface area contributed by atoms with Crippen molar-refractivity contribution in [2.45, 2.75) is 34.2 Å². The molecule has 1 aromatic carbocycles. The molecule has 3 N–H and O–H groups in total. The van der Waals surface area contributed by atoms with Gasteiger partial charge < -0.3 is 15.5 Å². The van der Waals surface area contributed by atoms with E-state index in [0.717, 1.165) is 25.2 Å². The maximum absolute atomic E-state index is 13.0. The van der Waals surface area contributed by atoms with Gasteiger partial charge in [-0.05, 0) is 51.0 Å².